The second kappa shape index (κ2) is 7.45. The average Bonchev–Trinajstić information content (AvgIpc) is 2.62. The van der Waals surface area contributed by atoms with Crippen LogP contribution in [0.5, 0.6) is 0 Å². The van der Waals surface area contributed by atoms with Gasteiger partial charge in [-0.25, -0.2) is 0 Å². The number of nitrogens with zero attached hydrogens (tertiary/aromatic N) is 1. The van der Waals surface area contributed by atoms with Crippen LogP contribution in [0.2, 0.25) is 0 Å². The van der Waals surface area contributed by atoms with Crippen molar-refractivity contribution in [3.05, 3.63) is 21.0 Å². The number of hydrogen-bond donors (Lipinski definition) is 1. The van der Waals surface area contributed by atoms with Crippen molar-refractivity contribution in [2.24, 2.45) is 5.92 Å². The Morgan fingerprint density at radius 1 is 1.42 bits per heavy atom. The van der Waals surface area contributed by atoms with Crippen LogP contribution in [0.25, 0.3) is 0 Å². The number of amides is 1. The molecule has 0 aliphatic rings. The summed E-state index contributed by atoms with van der Waals surface area (Å²) in [5, 5.41) is 3.26. The fourth-order valence-corrected chi connectivity index (χ4v) is 2.42. The zero-order valence-electron chi connectivity index (χ0n) is 11.7. The highest BCUT2D eigenvalue weighted by Crippen LogP contribution is 2.26. The first-order valence-corrected chi connectivity index (χ1v) is 7.78. The topological polar surface area (TPSA) is 45.5 Å². The molecule has 1 heterocycles. The van der Waals surface area contributed by atoms with E-state index in [2.05, 4.69) is 51.0 Å². The number of carbonyl (C=O) groups excluding carboxylic acids is 1. The van der Waals surface area contributed by atoms with Crippen molar-refractivity contribution >= 4 is 37.8 Å². The van der Waals surface area contributed by atoms with Gasteiger partial charge in [0.15, 0.2) is 4.67 Å². The minimum atomic E-state index is -0.183. The van der Waals surface area contributed by atoms with E-state index < -0.39 is 0 Å². The second-order valence-electron chi connectivity index (χ2n) is 5.13. The lowest BCUT2D eigenvalue weighted by Gasteiger charge is -2.22. The fraction of sp³-hybridized carbons (Fsp3) is 0.615. The molecule has 1 aromatic heterocycles. The van der Waals surface area contributed by atoms with Crippen LogP contribution in [0, 0.1) is 5.92 Å². The van der Waals surface area contributed by atoms with Crippen LogP contribution in [-0.2, 0) is 11.3 Å². The predicted molar refractivity (Wildman–Crippen MR) is 82.9 cm³/mol. The summed E-state index contributed by atoms with van der Waals surface area (Å²) < 4.78 is 7.04. The Balaban J connectivity index is 2.64. The number of carbonyl (C=O) groups is 1. The summed E-state index contributed by atoms with van der Waals surface area (Å²) in [5.74, 6) is 1.34. The molecule has 108 valence electrons. The summed E-state index contributed by atoms with van der Waals surface area (Å²) >= 11 is 6.67. The maximum absolute atomic E-state index is 12.1. The van der Waals surface area contributed by atoms with E-state index in [1.807, 2.05) is 6.07 Å². The Kier molecular flexibility index (Phi) is 6.56. The van der Waals surface area contributed by atoms with Gasteiger partial charge < -0.3 is 9.32 Å². The van der Waals surface area contributed by atoms with E-state index in [9.17, 15) is 4.79 Å². The highest BCUT2D eigenvalue weighted by molar-refractivity contribution is 9.13. The maximum atomic E-state index is 12.1. The van der Waals surface area contributed by atoms with Crippen LogP contribution in [0.15, 0.2) is 19.6 Å². The quantitative estimate of drug-likeness (QED) is 0.802. The van der Waals surface area contributed by atoms with Gasteiger partial charge >= 0.3 is 0 Å². The normalized spacial score (nSPS) is 12.8. The van der Waals surface area contributed by atoms with Crippen molar-refractivity contribution in [3.8, 4) is 0 Å². The number of hydrogen-bond acceptors (Lipinski definition) is 3. The van der Waals surface area contributed by atoms with Crippen molar-refractivity contribution in [1.82, 2.24) is 10.2 Å². The molecular formula is C13H20Br2N2O2. The van der Waals surface area contributed by atoms with Gasteiger partial charge in [-0.1, -0.05) is 13.8 Å². The number of rotatable bonds is 6. The SMILES string of the molecule is CC(C)CC(NCc1cc(Br)c(Br)o1)C(=O)N(C)C. The second-order valence-corrected chi connectivity index (χ2v) is 6.70. The zero-order chi connectivity index (χ0) is 14.6. The van der Waals surface area contributed by atoms with E-state index in [4.69, 9.17) is 4.42 Å². The Morgan fingerprint density at radius 2 is 2.05 bits per heavy atom. The Bertz CT molecular complexity index is 411. The third-order valence-electron chi connectivity index (χ3n) is 2.66. The standard InChI is InChI=1S/C13H20Br2N2O2/c1-8(2)5-11(13(18)17(3)4)16-7-9-6-10(14)12(15)19-9/h6,8,11,16H,5,7H2,1-4H3. The van der Waals surface area contributed by atoms with E-state index in [0.717, 1.165) is 16.7 Å². The molecule has 0 saturated carbocycles. The third-order valence-corrected chi connectivity index (χ3v) is 4.37. The lowest BCUT2D eigenvalue weighted by molar-refractivity contribution is -0.131. The molecule has 0 bridgehead atoms. The van der Waals surface area contributed by atoms with E-state index in [1.54, 1.807) is 19.0 Å². The van der Waals surface area contributed by atoms with E-state index in [1.165, 1.54) is 0 Å². The van der Waals surface area contributed by atoms with Gasteiger partial charge in [0.1, 0.15) is 5.76 Å². The van der Waals surface area contributed by atoms with Crippen molar-refractivity contribution in [2.75, 3.05) is 14.1 Å². The largest absolute Gasteiger partial charge is 0.452 e. The average molecular weight is 396 g/mol. The van der Waals surface area contributed by atoms with E-state index in [-0.39, 0.29) is 11.9 Å². The van der Waals surface area contributed by atoms with E-state index in [0.29, 0.717) is 17.1 Å². The molecule has 4 nitrogen and oxygen atoms in total. The first-order chi connectivity index (χ1) is 8.81. The summed E-state index contributed by atoms with van der Waals surface area (Å²) in [7, 11) is 3.55. The minimum absolute atomic E-state index is 0.0957. The molecule has 1 N–H and O–H groups in total. The zero-order valence-corrected chi connectivity index (χ0v) is 14.8. The predicted octanol–water partition coefficient (Wildman–Crippen LogP) is 3.40. The number of furan rings is 1. The molecule has 0 fully saturated rings. The van der Waals surface area contributed by atoms with Gasteiger partial charge in [0.05, 0.1) is 17.1 Å². The van der Waals surface area contributed by atoms with Crippen LogP contribution in [0.3, 0.4) is 0 Å². The summed E-state index contributed by atoms with van der Waals surface area (Å²) in [6.07, 6.45) is 0.806. The molecule has 0 spiro atoms. The molecule has 0 aromatic carbocycles. The summed E-state index contributed by atoms with van der Waals surface area (Å²) in [5.41, 5.74) is 0. The molecule has 6 heteroatoms. The molecule has 0 aliphatic heterocycles. The fourth-order valence-electron chi connectivity index (χ4n) is 1.76. The molecule has 0 aliphatic carbocycles. The van der Waals surface area contributed by atoms with Crippen LogP contribution < -0.4 is 5.32 Å². The molecule has 1 unspecified atom stereocenters. The van der Waals surface area contributed by atoms with Crippen molar-refractivity contribution in [3.63, 3.8) is 0 Å². The molecule has 1 aromatic rings. The molecule has 19 heavy (non-hydrogen) atoms. The van der Waals surface area contributed by atoms with Gasteiger partial charge in [-0.2, -0.15) is 0 Å². The summed E-state index contributed by atoms with van der Waals surface area (Å²) in [6, 6.07) is 1.71. The number of likely N-dealkylation sites (N-methyl/N-ethyl adjacent to an activating group) is 1. The lowest BCUT2D eigenvalue weighted by Crippen LogP contribution is -2.44. The van der Waals surface area contributed by atoms with Crippen LogP contribution in [-0.4, -0.2) is 30.9 Å². The Morgan fingerprint density at radius 3 is 2.47 bits per heavy atom. The molecule has 1 amide bonds. The van der Waals surface area contributed by atoms with Gasteiger partial charge in [-0.05, 0) is 50.3 Å². The highest BCUT2D eigenvalue weighted by atomic mass is 79.9. The van der Waals surface area contributed by atoms with Crippen LogP contribution in [0.4, 0.5) is 0 Å². The summed E-state index contributed by atoms with van der Waals surface area (Å²) in [6.45, 7) is 4.75. The third kappa shape index (κ3) is 5.28. The summed E-state index contributed by atoms with van der Waals surface area (Å²) in [4.78, 5) is 13.7. The smallest absolute Gasteiger partial charge is 0.239 e. The molecular weight excluding hydrogens is 376 g/mol. The van der Waals surface area contributed by atoms with E-state index >= 15 is 0 Å². The first kappa shape index (κ1) is 16.7. The molecule has 1 rings (SSSR count). The lowest BCUT2D eigenvalue weighted by atomic mass is 10.0. The monoisotopic (exact) mass is 394 g/mol. The minimum Gasteiger partial charge on any atom is -0.452 e. The molecule has 0 saturated heterocycles. The number of halogens is 2. The number of nitrogens with one attached hydrogen (secondary N) is 1. The molecule has 1 atom stereocenters. The van der Waals surface area contributed by atoms with Crippen molar-refractivity contribution < 1.29 is 9.21 Å². The van der Waals surface area contributed by atoms with Gasteiger partial charge in [-0.3, -0.25) is 10.1 Å². The maximum Gasteiger partial charge on any atom is 0.239 e. The van der Waals surface area contributed by atoms with Crippen molar-refractivity contribution in [2.45, 2.75) is 32.9 Å². The van der Waals surface area contributed by atoms with Crippen LogP contribution in [0.1, 0.15) is 26.0 Å². The first-order valence-electron chi connectivity index (χ1n) is 6.19. The van der Waals surface area contributed by atoms with Gasteiger partial charge in [0.25, 0.3) is 0 Å². The Hall–Kier alpha value is -0.330. The van der Waals surface area contributed by atoms with Gasteiger partial charge in [-0.15, -0.1) is 0 Å². The highest BCUT2D eigenvalue weighted by Gasteiger charge is 2.21. The Labute approximate surface area is 131 Å². The van der Waals surface area contributed by atoms with Crippen molar-refractivity contribution in [1.29, 1.82) is 0 Å². The molecule has 0 radical (unpaired) electrons. The van der Waals surface area contributed by atoms with Gasteiger partial charge in [0.2, 0.25) is 5.91 Å². The van der Waals surface area contributed by atoms with Crippen LogP contribution >= 0.6 is 31.9 Å². The van der Waals surface area contributed by atoms with Gasteiger partial charge in [0, 0.05) is 14.1 Å².